The lowest BCUT2D eigenvalue weighted by atomic mass is 9.95. The lowest BCUT2D eigenvalue weighted by Crippen LogP contribution is -2.52. The summed E-state index contributed by atoms with van der Waals surface area (Å²) in [6.07, 6.45) is 5.83. The Labute approximate surface area is 206 Å². The molecule has 0 unspecified atom stereocenters. The van der Waals surface area contributed by atoms with Crippen molar-refractivity contribution in [3.05, 3.63) is 78.1 Å². The zero-order valence-corrected chi connectivity index (χ0v) is 20.2. The number of ether oxygens (including phenoxy) is 1. The van der Waals surface area contributed by atoms with E-state index in [0.717, 1.165) is 42.0 Å². The molecular formula is C29H33FN2O3. The van der Waals surface area contributed by atoms with Crippen LogP contribution in [-0.4, -0.2) is 35.4 Å². The van der Waals surface area contributed by atoms with Crippen molar-refractivity contribution in [2.75, 3.05) is 6.61 Å². The van der Waals surface area contributed by atoms with Crippen molar-refractivity contribution in [1.82, 2.24) is 10.2 Å². The first-order valence-electron chi connectivity index (χ1n) is 12.5. The van der Waals surface area contributed by atoms with Gasteiger partial charge in [-0.3, -0.25) is 9.59 Å². The van der Waals surface area contributed by atoms with Crippen LogP contribution in [-0.2, 0) is 16.1 Å². The van der Waals surface area contributed by atoms with E-state index in [1.54, 1.807) is 17.0 Å². The summed E-state index contributed by atoms with van der Waals surface area (Å²) in [4.78, 5) is 28.3. The molecule has 0 aliphatic heterocycles. The van der Waals surface area contributed by atoms with Crippen LogP contribution in [0.5, 0.6) is 5.75 Å². The van der Waals surface area contributed by atoms with Gasteiger partial charge in [0, 0.05) is 18.0 Å². The van der Waals surface area contributed by atoms with Crippen molar-refractivity contribution in [1.29, 1.82) is 0 Å². The van der Waals surface area contributed by atoms with Crippen LogP contribution < -0.4 is 10.1 Å². The minimum atomic E-state index is -0.634. The fourth-order valence-corrected chi connectivity index (χ4v) is 4.79. The summed E-state index contributed by atoms with van der Waals surface area (Å²) in [5.41, 5.74) is 0.758. The summed E-state index contributed by atoms with van der Waals surface area (Å²) in [7, 11) is 0. The van der Waals surface area contributed by atoms with Crippen molar-refractivity contribution in [3.8, 4) is 5.75 Å². The molecule has 4 rings (SSSR count). The molecular weight excluding hydrogens is 443 g/mol. The first-order valence-corrected chi connectivity index (χ1v) is 12.5. The van der Waals surface area contributed by atoms with E-state index in [1.807, 2.05) is 49.4 Å². The zero-order chi connectivity index (χ0) is 24.6. The molecule has 1 fully saturated rings. The quantitative estimate of drug-likeness (QED) is 0.436. The number of carbonyl (C=O) groups is 2. The number of nitrogens with one attached hydrogen (secondary N) is 1. The van der Waals surface area contributed by atoms with E-state index in [-0.39, 0.29) is 36.8 Å². The van der Waals surface area contributed by atoms with E-state index in [1.165, 1.54) is 18.6 Å². The van der Waals surface area contributed by atoms with Crippen molar-refractivity contribution >= 4 is 22.6 Å². The number of benzene rings is 3. The first kappa shape index (κ1) is 24.7. The molecule has 0 heterocycles. The SMILES string of the molecule is CC[C@H](C(=O)NC1CCCCC1)N(Cc1ccc(F)cc1)C(=O)COc1cccc2ccccc12. The van der Waals surface area contributed by atoms with Crippen LogP contribution in [0.1, 0.15) is 51.0 Å². The summed E-state index contributed by atoms with van der Waals surface area (Å²) in [5.74, 6) is -0.140. The van der Waals surface area contributed by atoms with Crippen LogP contribution in [0.15, 0.2) is 66.7 Å². The molecule has 1 aliphatic rings. The van der Waals surface area contributed by atoms with Crippen molar-refractivity contribution in [2.45, 2.75) is 64.1 Å². The number of carbonyl (C=O) groups excluding carboxylic acids is 2. The van der Waals surface area contributed by atoms with Crippen LogP contribution in [0.3, 0.4) is 0 Å². The zero-order valence-electron chi connectivity index (χ0n) is 20.2. The number of rotatable bonds is 9. The molecule has 0 saturated heterocycles. The summed E-state index contributed by atoms with van der Waals surface area (Å²) >= 11 is 0. The molecule has 184 valence electrons. The Hall–Kier alpha value is -3.41. The highest BCUT2D eigenvalue weighted by Gasteiger charge is 2.30. The largest absolute Gasteiger partial charge is 0.483 e. The molecule has 35 heavy (non-hydrogen) atoms. The molecule has 0 bridgehead atoms. The Morgan fingerprint density at radius 3 is 2.46 bits per heavy atom. The third-order valence-electron chi connectivity index (χ3n) is 6.70. The minimum Gasteiger partial charge on any atom is -0.483 e. The van der Waals surface area contributed by atoms with Crippen LogP contribution in [0.4, 0.5) is 4.39 Å². The van der Waals surface area contributed by atoms with Gasteiger partial charge < -0.3 is 15.0 Å². The lowest BCUT2D eigenvalue weighted by Gasteiger charge is -2.32. The first-order chi connectivity index (χ1) is 17.0. The highest BCUT2D eigenvalue weighted by Crippen LogP contribution is 2.25. The van der Waals surface area contributed by atoms with Gasteiger partial charge in [0.15, 0.2) is 6.61 Å². The van der Waals surface area contributed by atoms with E-state index in [4.69, 9.17) is 4.74 Å². The standard InChI is InChI=1S/C29H33FN2O3/c1-2-26(29(34)31-24-11-4-3-5-12-24)32(19-21-15-17-23(30)18-16-21)28(33)20-35-27-14-8-10-22-9-6-7-13-25(22)27/h6-10,13-18,24,26H,2-5,11-12,19-20H2,1H3,(H,31,34)/t26-/m1/s1. The van der Waals surface area contributed by atoms with E-state index in [0.29, 0.717) is 12.2 Å². The normalized spacial score (nSPS) is 14.9. The van der Waals surface area contributed by atoms with Gasteiger partial charge in [-0.1, -0.05) is 74.7 Å². The summed E-state index contributed by atoms with van der Waals surface area (Å²) < 4.78 is 19.4. The fourth-order valence-electron chi connectivity index (χ4n) is 4.79. The Morgan fingerprint density at radius 2 is 1.71 bits per heavy atom. The average Bonchev–Trinajstić information content (AvgIpc) is 2.89. The Bertz CT molecular complexity index is 1140. The molecule has 1 aliphatic carbocycles. The van der Waals surface area contributed by atoms with Crippen molar-refractivity contribution < 1.29 is 18.7 Å². The fraction of sp³-hybridized carbons (Fsp3) is 0.379. The molecule has 1 atom stereocenters. The maximum atomic E-state index is 13.5. The predicted octanol–water partition coefficient (Wildman–Crippen LogP) is 5.61. The van der Waals surface area contributed by atoms with E-state index in [2.05, 4.69) is 5.32 Å². The monoisotopic (exact) mass is 476 g/mol. The van der Waals surface area contributed by atoms with Gasteiger partial charge >= 0.3 is 0 Å². The van der Waals surface area contributed by atoms with E-state index >= 15 is 0 Å². The lowest BCUT2D eigenvalue weighted by molar-refractivity contribution is -0.143. The number of fused-ring (bicyclic) bond motifs is 1. The predicted molar refractivity (Wildman–Crippen MR) is 135 cm³/mol. The molecule has 0 radical (unpaired) electrons. The molecule has 0 spiro atoms. The summed E-state index contributed by atoms with van der Waals surface area (Å²) in [5, 5.41) is 5.12. The number of hydrogen-bond donors (Lipinski definition) is 1. The maximum Gasteiger partial charge on any atom is 0.261 e. The molecule has 6 heteroatoms. The van der Waals surface area contributed by atoms with Crippen molar-refractivity contribution in [2.24, 2.45) is 0 Å². The number of hydrogen-bond acceptors (Lipinski definition) is 3. The Morgan fingerprint density at radius 1 is 1.00 bits per heavy atom. The minimum absolute atomic E-state index is 0.139. The highest BCUT2D eigenvalue weighted by molar-refractivity contribution is 5.90. The number of amides is 2. The number of halogens is 1. The van der Waals surface area contributed by atoms with Gasteiger partial charge in [-0.15, -0.1) is 0 Å². The average molecular weight is 477 g/mol. The van der Waals surface area contributed by atoms with Crippen LogP contribution in [0, 0.1) is 5.82 Å². The van der Waals surface area contributed by atoms with E-state index in [9.17, 15) is 14.0 Å². The van der Waals surface area contributed by atoms with Gasteiger partial charge in [0.05, 0.1) is 0 Å². The van der Waals surface area contributed by atoms with Gasteiger partial charge in [0.25, 0.3) is 5.91 Å². The highest BCUT2D eigenvalue weighted by atomic mass is 19.1. The molecule has 1 N–H and O–H groups in total. The van der Waals surface area contributed by atoms with Crippen LogP contribution in [0.2, 0.25) is 0 Å². The van der Waals surface area contributed by atoms with E-state index < -0.39 is 6.04 Å². The summed E-state index contributed by atoms with van der Waals surface area (Å²) in [6, 6.07) is 19.1. The Kier molecular flexibility index (Phi) is 8.35. The third-order valence-corrected chi connectivity index (χ3v) is 6.70. The molecule has 0 aromatic heterocycles. The van der Waals surface area contributed by atoms with Gasteiger partial charge in [0.2, 0.25) is 5.91 Å². The van der Waals surface area contributed by atoms with Gasteiger partial charge in [-0.05, 0) is 48.4 Å². The van der Waals surface area contributed by atoms with Gasteiger partial charge in [-0.25, -0.2) is 4.39 Å². The van der Waals surface area contributed by atoms with Crippen molar-refractivity contribution in [3.63, 3.8) is 0 Å². The second-order valence-corrected chi connectivity index (χ2v) is 9.18. The molecule has 1 saturated carbocycles. The topological polar surface area (TPSA) is 58.6 Å². The molecule has 2 amide bonds. The second kappa shape index (κ2) is 11.8. The second-order valence-electron chi connectivity index (χ2n) is 9.18. The van der Waals surface area contributed by atoms with Gasteiger partial charge in [0.1, 0.15) is 17.6 Å². The molecule has 3 aromatic carbocycles. The maximum absolute atomic E-state index is 13.5. The molecule has 3 aromatic rings. The van der Waals surface area contributed by atoms with Gasteiger partial charge in [-0.2, -0.15) is 0 Å². The summed E-state index contributed by atoms with van der Waals surface area (Å²) in [6.45, 7) is 1.92. The van der Waals surface area contributed by atoms with Crippen LogP contribution in [0.25, 0.3) is 10.8 Å². The van der Waals surface area contributed by atoms with Crippen LogP contribution >= 0.6 is 0 Å². The molecule has 5 nitrogen and oxygen atoms in total. The smallest absolute Gasteiger partial charge is 0.261 e. The Balaban J connectivity index is 1.52. The third kappa shape index (κ3) is 6.38. The number of nitrogens with zero attached hydrogens (tertiary/aromatic N) is 1.